The summed E-state index contributed by atoms with van der Waals surface area (Å²) in [6.07, 6.45) is 0.719. The molecule has 0 atom stereocenters. The summed E-state index contributed by atoms with van der Waals surface area (Å²) >= 11 is 3.35. The van der Waals surface area contributed by atoms with Crippen molar-refractivity contribution in [2.75, 3.05) is 20.4 Å². The van der Waals surface area contributed by atoms with E-state index in [0.717, 1.165) is 71.3 Å². The number of amides is 4. The number of nitrogens with zero attached hydrogens (tertiary/aromatic N) is 2. The number of nitrogens with one attached hydrogen (secondary N) is 2. The molecule has 0 radical (unpaired) electrons. The zero-order chi connectivity index (χ0) is 31.7. The average molecular weight is 649 g/mol. The Kier molecular flexibility index (Phi) is 7.65. The third-order valence-corrected chi connectivity index (χ3v) is 10.3. The molecule has 0 aromatic heterocycles. The van der Waals surface area contributed by atoms with Gasteiger partial charge in [-0.1, -0.05) is 96.3 Å². The molecule has 2 aliphatic rings. The summed E-state index contributed by atoms with van der Waals surface area (Å²) in [5.74, 6) is 0. The molecule has 4 amide bonds. The zero-order valence-electron chi connectivity index (χ0n) is 25.1. The molecule has 2 heterocycles. The van der Waals surface area contributed by atoms with E-state index in [0.29, 0.717) is 0 Å². The molecule has 0 bridgehead atoms. The molecule has 0 aliphatic carbocycles. The van der Waals surface area contributed by atoms with E-state index in [4.69, 9.17) is 0 Å². The predicted octanol–water partition coefficient (Wildman–Crippen LogP) is 10.9. The number of carbonyl (C=O) groups is 2. The summed E-state index contributed by atoms with van der Waals surface area (Å²) < 4.78 is 0. The molecular weight excluding hydrogens is 621 g/mol. The quantitative estimate of drug-likeness (QED) is 0.200. The van der Waals surface area contributed by atoms with Crippen LogP contribution in [0.25, 0.3) is 0 Å². The van der Waals surface area contributed by atoms with E-state index < -0.39 is 0 Å². The highest BCUT2D eigenvalue weighted by Gasteiger charge is 2.29. The number of anilines is 6. The second kappa shape index (κ2) is 12.4. The van der Waals surface area contributed by atoms with E-state index >= 15 is 0 Å². The van der Waals surface area contributed by atoms with Crippen molar-refractivity contribution >= 4 is 69.7 Å². The molecule has 0 spiro atoms. The smallest absolute Gasteiger partial charge is 0.307 e. The van der Waals surface area contributed by atoms with Crippen LogP contribution in [0.5, 0.6) is 0 Å². The number of fused-ring (bicyclic) bond motifs is 4. The topological polar surface area (TPSA) is 64.7 Å². The average Bonchev–Trinajstić information content (AvgIpc) is 3.11. The maximum atomic E-state index is 13.6. The SMILES string of the molecule is O=C(Nc1ccc(Cc2ccc(NC(=O)N3c4ccccc4Sc4ccccc43)cc2)cc1)N1c2ccccc2Sc2ccccc21. The van der Waals surface area contributed by atoms with Crippen LogP contribution in [0, 0.1) is 0 Å². The lowest BCUT2D eigenvalue weighted by molar-refractivity contribution is 0.258. The Labute approximate surface area is 281 Å². The van der Waals surface area contributed by atoms with Gasteiger partial charge in [0.1, 0.15) is 0 Å². The first-order valence-electron chi connectivity index (χ1n) is 15.2. The van der Waals surface area contributed by atoms with Crippen molar-refractivity contribution in [3.05, 3.63) is 157 Å². The zero-order valence-corrected chi connectivity index (χ0v) is 26.7. The maximum Gasteiger partial charge on any atom is 0.331 e. The second-order valence-electron chi connectivity index (χ2n) is 11.2. The van der Waals surface area contributed by atoms with E-state index in [9.17, 15) is 9.59 Å². The minimum Gasteiger partial charge on any atom is -0.307 e. The van der Waals surface area contributed by atoms with Crippen molar-refractivity contribution in [1.82, 2.24) is 0 Å². The Hall–Kier alpha value is -5.44. The lowest BCUT2D eigenvalue weighted by atomic mass is 10.0. The van der Waals surface area contributed by atoms with Crippen LogP contribution >= 0.6 is 23.5 Å². The molecule has 8 rings (SSSR count). The second-order valence-corrected chi connectivity index (χ2v) is 13.3. The van der Waals surface area contributed by atoms with Crippen LogP contribution in [-0.2, 0) is 6.42 Å². The minimum atomic E-state index is -0.203. The van der Waals surface area contributed by atoms with Crippen LogP contribution in [-0.4, -0.2) is 12.1 Å². The van der Waals surface area contributed by atoms with Gasteiger partial charge in [0.2, 0.25) is 0 Å². The van der Waals surface area contributed by atoms with Crippen LogP contribution in [0.2, 0.25) is 0 Å². The summed E-state index contributed by atoms with van der Waals surface area (Å²) in [6, 6.07) is 47.3. The van der Waals surface area contributed by atoms with Crippen molar-refractivity contribution in [2.45, 2.75) is 26.0 Å². The van der Waals surface area contributed by atoms with E-state index in [-0.39, 0.29) is 12.1 Å². The Balaban J connectivity index is 0.933. The van der Waals surface area contributed by atoms with Crippen LogP contribution in [0.1, 0.15) is 11.1 Å². The number of hydrogen-bond donors (Lipinski definition) is 2. The van der Waals surface area contributed by atoms with Gasteiger partial charge in [0.25, 0.3) is 0 Å². The van der Waals surface area contributed by atoms with Gasteiger partial charge >= 0.3 is 12.1 Å². The van der Waals surface area contributed by atoms with Crippen molar-refractivity contribution < 1.29 is 9.59 Å². The molecule has 0 saturated heterocycles. The first-order valence-corrected chi connectivity index (χ1v) is 16.9. The molecule has 47 heavy (non-hydrogen) atoms. The van der Waals surface area contributed by atoms with Crippen molar-refractivity contribution in [3.63, 3.8) is 0 Å². The lowest BCUT2D eigenvalue weighted by Gasteiger charge is -2.31. The first kappa shape index (κ1) is 29.0. The van der Waals surface area contributed by atoms with Crippen LogP contribution in [0.4, 0.5) is 43.7 Å². The molecule has 0 saturated carbocycles. The number of urea groups is 2. The predicted molar refractivity (Wildman–Crippen MR) is 192 cm³/mol. The summed E-state index contributed by atoms with van der Waals surface area (Å²) in [7, 11) is 0. The summed E-state index contributed by atoms with van der Waals surface area (Å²) in [5, 5.41) is 6.16. The number of carbonyl (C=O) groups excluding carboxylic acids is 2. The Bertz CT molecular complexity index is 1890. The molecule has 6 nitrogen and oxygen atoms in total. The first-order chi connectivity index (χ1) is 23.1. The Morgan fingerprint density at radius 2 is 0.723 bits per heavy atom. The van der Waals surface area contributed by atoms with Gasteiger partial charge in [-0.25, -0.2) is 9.59 Å². The molecule has 6 aromatic rings. The Morgan fingerprint density at radius 3 is 1.04 bits per heavy atom. The van der Waals surface area contributed by atoms with Gasteiger partial charge in [-0.15, -0.1) is 0 Å². The number of benzene rings is 6. The third-order valence-electron chi connectivity index (χ3n) is 8.09. The molecule has 0 unspecified atom stereocenters. The summed E-state index contributed by atoms with van der Waals surface area (Å²) in [5.41, 5.74) is 7.16. The van der Waals surface area contributed by atoms with Crippen molar-refractivity contribution in [1.29, 1.82) is 0 Å². The van der Waals surface area contributed by atoms with Gasteiger partial charge in [-0.3, -0.25) is 9.80 Å². The monoisotopic (exact) mass is 648 g/mol. The summed E-state index contributed by atoms with van der Waals surface area (Å²) in [6.45, 7) is 0. The maximum absolute atomic E-state index is 13.6. The summed E-state index contributed by atoms with van der Waals surface area (Å²) in [4.78, 5) is 34.8. The molecule has 2 N–H and O–H groups in total. The van der Waals surface area contributed by atoms with E-state index in [1.807, 2.05) is 146 Å². The van der Waals surface area contributed by atoms with Gasteiger partial charge in [0, 0.05) is 31.0 Å². The molecule has 2 aliphatic heterocycles. The van der Waals surface area contributed by atoms with Gasteiger partial charge < -0.3 is 10.6 Å². The van der Waals surface area contributed by atoms with Crippen molar-refractivity contribution in [2.24, 2.45) is 0 Å². The highest BCUT2D eigenvalue weighted by molar-refractivity contribution is 8.00. The van der Waals surface area contributed by atoms with Gasteiger partial charge in [0.05, 0.1) is 22.7 Å². The number of para-hydroxylation sites is 4. The van der Waals surface area contributed by atoms with Crippen LogP contribution < -0.4 is 20.4 Å². The Morgan fingerprint density at radius 1 is 0.426 bits per heavy atom. The van der Waals surface area contributed by atoms with Gasteiger partial charge in [0.15, 0.2) is 0 Å². The molecular formula is C39H28N4O2S2. The number of rotatable bonds is 4. The van der Waals surface area contributed by atoms with Gasteiger partial charge in [-0.2, -0.15) is 0 Å². The minimum absolute atomic E-state index is 0.203. The highest BCUT2D eigenvalue weighted by Crippen LogP contribution is 2.49. The normalized spacial score (nSPS) is 12.7. The number of hydrogen-bond acceptors (Lipinski definition) is 4. The molecule has 228 valence electrons. The highest BCUT2D eigenvalue weighted by atomic mass is 32.2. The van der Waals surface area contributed by atoms with E-state index in [1.54, 1.807) is 33.3 Å². The van der Waals surface area contributed by atoms with Crippen LogP contribution in [0.3, 0.4) is 0 Å². The van der Waals surface area contributed by atoms with Crippen LogP contribution in [0.15, 0.2) is 165 Å². The fourth-order valence-electron chi connectivity index (χ4n) is 5.85. The lowest BCUT2D eigenvalue weighted by Crippen LogP contribution is -2.32. The fraction of sp³-hybridized carbons (Fsp3) is 0.0256. The van der Waals surface area contributed by atoms with E-state index in [1.165, 1.54) is 0 Å². The standard InChI is InChI=1S/C39H28N4O2S2/c44-38(42-30-9-1-5-13-34(30)46-35-14-6-2-10-31(35)42)40-28-21-17-26(18-22-28)25-27-19-23-29(24-20-27)41-39(45)43-32-11-3-7-15-36(32)47-37-16-8-4-12-33(37)43/h1-24H,25H2,(H,40,44)(H,41,45). The largest absolute Gasteiger partial charge is 0.331 e. The van der Waals surface area contributed by atoms with Gasteiger partial charge in [-0.05, 0) is 90.3 Å². The van der Waals surface area contributed by atoms with Crippen molar-refractivity contribution in [3.8, 4) is 0 Å². The molecule has 0 fully saturated rings. The molecule has 8 heteroatoms. The molecule has 6 aromatic carbocycles. The third kappa shape index (κ3) is 5.73. The van der Waals surface area contributed by atoms with E-state index in [2.05, 4.69) is 10.6 Å². The fourth-order valence-corrected chi connectivity index (χ4v) is 7.97.